The van der Waals surface area contributed by atoms with E-state index in [1.807, 2.05) is 12.1 Å². The minimum Gasteiger partial charge on any atom is -0.489 e. The predicted octanol–water partition coefficient (Wildman–Crippen LogP) is 4.70. The van der Waals surface area contributed by atoms with E-state index >= 15 is 0 Å². The number of benzene rings is 2. The summed E-state index contributed by atoms with van der Waals surface area (Å²) in [6.45, 7) is 7.00. The molecule has 2 aromatic carbocycles. The van der Waals surface area contributed by atoms with Gasteiger partial charge in [-0.2, -0.15) is 0 Å². The fourth-order valence-corrected chi connectivity index (χ4v) is 1.80. The van der Waals surface area contributed by atoms with Crippen LogP contribution in [0, 0.1) is 5.82 Å². The standard InChI is InChI=1S/C17H19FO/c1-17(2,3)14-6-10-16(11-7-14)19-12-13-4-8-15(18)9-5-13/h4-11H,12H2,1-3H3. The molecular weight excluding hydrogens is 239 g/mol. The number of ether oxygens (including phenoxy) is 1. The smallest absolute Gasteiger partial charge is 0.123 e. The van der Waals surface area contributed by atoms with Gasteiger partial charge in [0.2, 0.25) is 0 Å². The lowest BCUT2D eigenvalue weighted by atomic mass is 9.87. The molecule has 100 valence electrons. The number of hydrogen-bond donors (Lipinski definition) is 0. The summed E-state index contributed by atoms with van der Waals surface area (Å²) in [6, 6.07) is 14.5. The molecule has 19 heavy (non-hydrogen) atoms. The van der Waals surface area contributed by atoms with Crippen molar-refractivity contribution >= 4 is 0 Å². The highest BCUT2D eigenvalue weighted by Gasteiger charge is 2.12. The second kappa shape index (κ2) is 5.43. The van der Waals surface area contributed by atoms with E-state index in [1.165, 1.54) is 17.7 Å². The predicted molar refractivity (Wildman–Crippen MR) is 75.9 cm³/mol. The molecule has 0 aliphatic heterocycles. The van der Waals surface area contributed by atoms with Crippen LogP contribution in [0.2, 0.25) is 0 Å². The van der Waals surface area contributed by atoms with Gasteiger partial charge in [-0.15, -0.1) is 0 Å². The van der Waals surface area contributed by atoms with E-state index in [2.05, 4.69) is 32.9 Å². The average Bonchev–Trinajstić information content (AvgIpc) is 2.37. The zero-order valence-corrected chi connectivity index (χ0v) is 11.6. The molecule has 0 aliphatic rings. The second-order valence-electron chi connectivity index (χ2n) is 5.69. The minimum atomic E-state index is -0.224. The molecule has 0 amide bonds. The molecule has 0 N–H and O–H groups in total. The minimum absolute atomic E-state index is 0.148. The lowest BCUT2D eigenvalue weighted by Gasteiger charge is -2.19. The van der Waals surface area contributed by atoms with Crippen molar-refractivity contribution in [2.75, 3.05) is 0 Å². The third-order valence-corrected chi connectivity index (χ3v) is 3.04. The maximum Gasteiger partial charge on any atom is 0.123 e. The highest BCUT2D eigenvalue weighted by Crippen LogP contribution is 2.24. The molecular formula is C17H19FO. The first kappa shape index (κ1) is 13.6. The molecule has 0 saturated carbocycles. The summed E-state index contributed by atoms with van der Waals surface area (Å²) in [5, 5.41) is 0. The van der Waals surface area contributed by atoms with Gasteiger partial charge in [0.1, 0.15) is 18.2 Å². The van der Waals surface area contributed by atoms with Crippen LogP contribution in [0.1, 0.15) is 31.9 Å². The van der Waals surface area contributed by atoms with Gasteiger partial charge in [0.05, 0.1) is 0 Å². The number of halogens is 1. The van der Waals surface area contributed by atoms with Crippen molar-refractivity contribution in [3.8, 4) is 5.75 Å². The molecule has 0 fully saturated rings. The summed E-state index contributed by atoms with van der Waals surface area (Å²) >= 11 is 0. The molecule has 0 saturated heterocycles. The van der Waals surface area contributed by atoms with E-state index in [1.54, 1.807) is 12.1 Å². The normalized spacial score (nSPS) is 11.4. The molecule has 1 nitrogen and oxygen atoms in total. The SMILES string of the molecule is CC(C)(C)c1ccc(OCc2ccc(F)cc2)cc1. The van der Waals surface area contributed by atoms with Gasteiger partial charge in [0.25, 0.3) is 0 Å². The molecule has 0 atom stereocenters. The fraction of sp³-hybridized carbons (Fsp3) is 0.294. The maximum absolute atomic E-state index is 12.8. The number of hydrogen-bond acceptors (Lipinski definition) is 1. The second-order valence-corrected chi connectivity index (χ2v) is 5.69. The lowest BCUT2D eigenvalue weighted by molar-refractivity contribution is 0.306. The van der Waals surface area contributed by atoms with Gasteiger partial charge in [-0.05, 0) is 40.8 Å². The van der Waals surface area contributed by atoms with Crippen LogP contribution < -0.4 is 4.74 Å². The summed E-state index contributed by atoms with van der Waals surface area (Å²) in [4.78, 5) is 0. The van der Waals surface area contributed by atoms with Crippen molar-refractivity contribution in [1.29, 1.82) is 0 Å². The first-order chi connectivity index (χ1) is 8.95. The molecule has 0 unspecified atom stereocenters. The first-order valence-corrected chi connectivity index (χ1v) is 6.43. The van der Waals surface area contributed by atoms with Gasteiger partial charge in [-0.3, -0.25) is 0 Å². The van der Waals surface area contributed by atoms with Crippen LogP contribution in [0.15, 0.2) is 48.5 Å². The van der Waals surface area contributed by atoms with Gasteiger partial charge in [0.15, 0.2) is 0 Å². The first-order valence-electron chi connectivity index (χ1n) is 6.43. The van der Waals surface area contributed by atoms with Crippen LogP contribution in [0.3, 0.4) is 0 Å². The molecule has 0 heterocycles. The van der Waals surface area contributed by atoms with Crippen molar-refractivity contribution in [3.63, 3.8) is 0 Å². The zero-order chi connectivity index (χ0) is 13.9. The summed E-state index contributed by atoms with van der Waals surface area (Å²) in [5.41, 5.74) is 2.39. The van der Waals surface area contributed by atoms with Crippen molar-refractivity contribution in [2.45, 2.75) is 32.8 Å². The van der Waals surface area contributed by atoms with Crippen molar-refractivity contribution in [2.24, 2.45) is 0 Å². The molecule has 0 aliphatic carbocycles. The van der Waals surface area contributed by atoms with E-state index in [4.69, 9.17) is 4.74 Å². The summed E-state index contributed by atoms with van der Waals surface area (Å²) < 4.78 is 18.4. The van der Waals surface area contributed by atoms with Gasteiger partial charge >= 0.3 is 0 Å². The van der Waals surface area contributed by atoms with Crippen LogP contribution in [-0.4, -0.2) is 0 Å². The quantitative estimate of drug-likeness (QED) is 0.775. The third kappa shape index (κ3) is 3.82. The van der Waals surface area contributed by atoms with Gasteiger partial charge < -0.3 is 4.74 Å². The summed E-state index contributed by atoms with van der Waals surface area (Å²) in [7, 11) is 0. The van der Waals surface area contributed by atoms with Crippen molar-refractivity contribution < 1.29 is 9.13 Å². The van der Waals surface area contributed by atoms with Crippen LogP contribution in [0.25, 0.3) is 0 Å². The van der Waals surface area contributed by atoms with Gasteiger partial charge in [-0.1, -0.05) is 45.0 Å². The Morgan fingerprint density at radius 3 is 2.00 bits per heavy atom. The zero-order valence-electron chi connectivity index (χ0n) is 11.6. The Hall–Kier alpha value is -1.83. The van der Waals surface area contributed by atoms with E-state index in [9.17, 15) is 4.39 Å². The van der Waals surface area contributed by atoms with E-state index in [0.717, 1.165) is 11.3 Å². The average molecular weight is 258 g/mol. The van der Waals surface area contributed by atoms with Crippen molar-refractivity contribution in [1.82, 2.24) is 0 Å². The lowest BCUT2D eigenvalue weighted by Crippen LogP contribution is -2.10. The molecule has 0 bridgehead atoms. The van der Waals surface area contributed by atoms with Gasteiger partial charge in [-0.25, -0.2) is 4.39 Å². The highest BCUT2D eigenvalue weighted by molar-refractivity contribution is 5.31. The van der Waals surface area contributed by atoms with Gasteiger partial charge in [0, 0.05) is 0 Å². The molecule has 0 radical (unpaired) electrons. The van der Waals surface area contributed by atoms with E-state index in [-0.39, 0.29) is 11.2 Å². The molecule has 0 spiro atoms. The Morgan fingerprint density at radius 2 is 1.47 bits per heavy atom. The Balaban J connectivity index is 1.98. The Bertz CT molecular complexity index is 521. The Labute approximate surface area is 114 Å². The van der Waals surface area contributed by atoms with E-state index < -0.39 is 0 Å². The molecule has 0 aromatic heterocycles. The third-order valence-electron chi connectivity index (χ3n) is 3.04. The van der Waals surface area contributed by atoms with Crippen LogP contribution in [0.4, 0.5) is 4.39 Å². The maximum atomic E-state index is 12.8. The van der Waals surface area contributed by atoms with Crippen molar-refractivity contribution in [3.05, 3.63) is 65.5 Å². The molecule has 2 aromatic rings. The Kier molecular flexibility index (Phi) is 3.89. The van der Waals surface area contributed by atoms with E-state index in [0.29, 0.717) is 6.61 Å². The largest absolute Gasteiger partial charge is 0.489 e. The van der Waals surface area contributed by atoms with Crippen LogP contribution in [0.5, 0.6) is 5.75 Å². The summed E-state index contributed by atoms with van der Waals surface area (Å²) in [6.07, 6.45) is 0. The molecule has 2 rings (SSSR count). The number of rotatable bonds is 3. The monoisotopic (exact) mass is 258 g/mol. The summed E-state index contributed by atoms with van der Waals surface area (Å²) in [5.74, 6) is 0.607. The Morgan fingerprint density at radius 1 is 0.895 bits per heavy atom. The highest BCUT2D eigenvalue weighted by atomic mass is 19.1. The topological polar surface area (TPSA) is 9.23 Å². The van der Waals surface area contributed by atoms with Crippen LogP contribution in [-0.2, 0) is 12.0 Å². The van der Waals surface area contributed by atoms with Crippen LogP contribution >= 0.6 is 0 Å². The molecule has 2 heteroatoms. The fourth-order valence-electron chi connectivity index (χ4n) is 1.80.